The zero-order chi connectivity index (χ0) is 13.4. The van der Waals surface area contributed by atoms with Gasteiger partial charge < -0.3 is 11.6 Å². The Balaban J connectivity index is 2.18. The minimum Gasteiger partial charge on any atom is -0.369 e. The third-order valence-electron chi connectivity index (χ3n) is 2.90. The zero-order valence-electron chi connectivity index (χ0n) is 10.0. The van der Waals surface area contributed by atoms with E-state index in [-0.39, 0.29) is 22.7 Å². The lowest BCUT2D eigenvalue weighted by Gasteiger charge is -2.08. The maximum absolute atomic E-state index is 12.3. The van der Waals surface area contributed by atoms with E-state index < -0.39 is 0 Å². The van der Waals surface area contributed by atoms with E-state index in [1.165, 1.54) is 10.9 Å². The maximum Gasteiger partial charge on any atom is 0.283 e. The van der Waals surface area contributed by atoms with E-state index in [2.05, 4.69) is 9.97 Å². The second kappa shape index (κ2) is 4.13. The Hall–Kier alpha value is -2.83. The molecule has 19 heavy (non-hydrogen) atoms. The minimum atomic E-state index is -0.300. The molecular formula is C12H12N6O. The third-order valence-corrected chi connectivity index (χ3v) is 2.90. The molecule has 3 aromatic rings. The normalized spacial score (nSPS) is 10.9. The van der Waals surface area contributed by atoms with Gasteiger partial charge in [-0.1, -0.05) is 30.3 Å². The summed E-state index contributed by atoms with van der Waals surface area (Å²) in [5.74, 6) is 5.77. The predicted octanol–water partition coefficient (Wildman–Crippen LogP) is -0.0627. The largest absolute Gasteiger partial charge is 0.369 e. The van der Waals surface area contributed by atoms with Crippen LogP contribution >= 0.6 is 0 Å². The summed E-state index contributed by atoms with van der Waals surface area (Å²) < 4.78 is 2.54. The van der Waals surface area contributed by atoms with Gasteiger partial charge in [0.2, 0.25) is 5.95 Å². The molecule has 3 rings (SSSR count). The number of aromatic nitrogens is 4. The highest BCUT2D eigenvalue weighted by Gasteiger charge is 2.13. The second-order valence-corrected chi connectivity index (χ2v) is 4.17. The highest BCUT2D eigenvalue weighted by molar-refractivity contribution is 5.70. The molecule has 1 aromatic carbocycles. The molecular weight excluding hydrogens is 244 g/mol. The van der Waals surface area contributed by atoms with Crippen LogP contribution in [0.15, 0.2) is 41.5 Å². The molecule has 0 unspecified atom stereocenters. The SMILES string of the molecule is Nc1nc2ncn(N)c2c(=O)n1Cc1ccccc1. The fraction of sp³-hybridized carbons (Fsp3) is 0.0833. The standard InChI is InChI=1S/C12H12N6O/c13-12-16-10-9(18(14)7-15-10)11(19)17(12)6-8-4-2-1-3-5-8/h1-5,7H,6,14H2,(H2,13,16). The summed E-state index contributed by atoms with van der Waals surface area (Å²) in [6.45, 7) is 0.347. The second-order valence-electron chi connectivity index (χ2n) is 4.17. The fourth-order valence-electron chi connectivity index (χ4n) is 1.96. The molecule has 0 aliphatic rings. The van der Waals surface area contributed by atoms with Gasteiger partial charge in [0, 0.05) is 0 Å². The van der Waals surface area contributed by atoms with Gasteiger partial charge in [-0.25, -0.2) is 9.66 Å². The number of nitrogens with zero attached hydrogens (tertiary/aromatic N) is 4. The molecule has 2 aromatic heterocycles. The lowest BCUT2D eigenvalue weighted by molar-refractivity contribution is 0.758. The number of benzene rings is 1. The Labute approximate surface area is 108 Å². The van der Waals surface area contributed by atoms with E-state index in [4.69, 9.17) is 11.6 Å². The van der Waals surface area contributed by atoms with Crippen LogP contribution in [0.3, 0.4) is 0 Å². The van der Waals surface area contributed by atoms with Crippen LogP contribution in [0.1, 0.15) is 5.56 Å². The van der Waals surface area contributed by atoms with E-state index in [1.54, 1.807) is 0 Å². The number of nitrogens with two attached hydrogens (primary N) is 2. The van der Waals surface area contributed by atoms with E-state index in [0.717, 1.165) is 10.2 Å². The van der Waals surface area contributed by atoms with Gasteiger partial charge in [-0.05, 0) is 5.56 Å². The third kappa shape index (κ3) is 1.81. The van der Waals surface area contributed by atoms with E-state index in [9.17, 15) is 4.79 Å². The highest BCUT2D eigenvalue weighted by atomic mass is 16.1. The molecule has 0 radical (unpaired) electrons. The summed E-state index contributed by atoms with van der Waals surface area (Å²) in [6, 6.07) is 9.53. The number of fused-ring (bicyclic) bond motifs is 1. The molecule has 0 fully saturated rings. The molecule has 2 heterocycles. The van der Waals surface area contributed by atoms with Gasteiger partial charge >= 0.3 is 0 Å². The molecule has 0 bridgehead atoms. The van der Waals surface area contributed by atoms with Gasteiger partial charge in [0.15, 0.2) is 11.2 Å². The van der Waals surface area contributed by atoms with Crippen molar-refractivity contribution in [2.45, 2.75) is 6.54 Å². The molecule has 7 heteroatoms. The van der Waals surface area contributed by atoms with Gasteiger partial charge in [0.05, 0.1) is 6.54 Å². The maximum atomic E-state index is 12.3. The summed E-state index contributed by atoms with van der Waals surface area (Å²) in [6.07, 6.45) is 1.34. The van der Waals surface area contributed by atoms with Crippen molar-refractivity contribution in [3.63, 3.8) is 0 Å². The van der Waals surface area contributed by atoms with Crippen molar-refractivity contribution in [3.05, 3.63) is 52.6 Å². The Morgan fingerprint density at radius 3 is 2.68 bits per heavy atom. The molecule has 96 valence electrons. The van der Waals surface area contributed by atoms with Crippen molar-refractivity contribution in [1.82, 2.24) is 19.2 Å². The first-order chi connectivity index (χ1) is 9.16. The van der Waals surface area contributed by atoms with Crippen LogP contribution in [0.4, 0.5) is 5.95 Å². The topological polar surface area (TPSA) is 105 Å². The number of nitrogen functional groups attached to an aromatic ring is 2. The number of hydrogen-bond acceptors (Lipinski definition) is 5. The average Bonchev–Trinajstić information content (AvgIpc) is 2.77. The fourth-order valence-corrected chi connectivity index (χ4v) is 1.96. The van der Waals surface area contributed by atoms with Crippen molar-refractivity contribution in [1.29, 1.82) is 0 Å². The van der Waals surface area contributed by atoms with Crippen molar-refractivity contribution in [2.75, 3.05) is 11.6 Å². The first-order valence-electron chi connectivity index (χ1n) is 5.69. The number of rotatable bonds is 2. The predicted molar refractivity (Wildman–Crippen MR) is 71.9 cm³/mol. The number of imidazole rings is 1. The van der Waals surface area contributed by atoms with Gasteiger partial charge in [0.25, 0.3) is 5.56 Å². The zero-order valence-corrected chi connectivity index (χ0v) is 10.0. The van der Waals surface area contributed by atoms with Gasteiger partial charge in [0.1, 0.15) is 6.33 Å². The molecule has 0 atom stereocenters. The average molecular weight is 256 g/mol. The molecule has 0 aliphatic heterocycles. The van der Waals surface area contributed by atoms with E-state index >= 15 is 0 Å². The highest BCUT2D eigenvalue weighted by Crippen LogP contribution is 2.08. The van der Waals surface area contributed by atoms with Crippen molar-refractivity contribution in [3.8, 4) is 0 Å². The van der Waals surface area contributed by atoms with Crippen LogP contribution in [0.25, 0.3) is 11.2 Å². The van der Waals surface area contributed by atoms with Crippen LogP contribution < -0.4 is 17.1 Å². The van der Waals surface area contributed by atoms with Crippen LogP contribution in [0.5, 0.6) is 0 Å². The molecule has 0 spiro atoms. The first kappa shape index (κ1) is 11.3. The van der Waals surface area contributed by atoms with Crippen LogP contribution in [0, 0.1) is 0 Å². The molecule has 7 nitrogen and oxygen atoms in total. The summed E-state index contributed by atoms with van der Waals surface area (Å²) in [7, 11) is 0. The quantitative estimate of drug-likeness (QED) is 0.625. The molecule has 0 amide bonds. The minimum absolute atomic E-state index is 0.125. The van der Waals surface area contributed by atoms with Crippen LogP contribution in [0.2, 0.25) is 0 Å². The van der Waals surface area contributed by atoms with E-state index in [1.807, 2.05) is 30.3 Å². The lowest BCUT2D eigenvalue weighted by Crippen LogP contribution is -2.27. The van der Waals surface area contributed by atoms with Crippen LogP contribution in [-0.2, 0) is 6.54 Å². The number of hydrogen-bond donors (Lipinski definition) is 2. The number of anilines is 1. The van der Waals surface area contributed by atoms with Crippen molar-refractivity contribution < 1.29 is 0 Å². The molecule has 4 N–H and O–H groups in total. The Morgan fingerprint density at radius 1 is 1.21 bits per heavy atom. The summed E-state index contributed by atoms with van der Waals surface area (Å²) in [5.41, 5.74) is 6.96. The Bertz CT molecular complexity index is 789. The molecule has 0 saturated carbocycles. The molecule has 0 aliphatic carbocycles. The monoisotopic (exact) mass is 256 g/mol. The van der Waals surface area contributed by atoms with Gasteiger partial charge in [-0.15, -0.1) is 0 Å². The van der Waals surface area contributed by atoms with Gasteiger partial charge in [-0.3, -0.25) is 9.36 Å². The summed E-state index contributed by atoms with van der Waals surface area (Å²) >= 11 is 0. The van der Waals surface area contributed by atoms with Crippen LogP contribution in [-0.4, -0.2) is 19.2 Å². The Kier molecular flexibility index (Phi) is 2.45. The van der Waals surface area contributed by atoms with Crippen molar-refractivity contribution >= 4 is 17.1 Å². The smallest absolute Gasteiger partial charge is 0.283 e. The first-order valence-corrected chi connectivity index (χ1v) is 5.69. The summed E-state index contributed by atoms with van der Waals surface area (Å²) in [5, 5.41) is 0. The summed E-state index contributed by atoms with van der Waals surface area (Å²) in [4.78, 5) is 20.3. The van der Waals surface area contributed by atoms with Gasteiger partial charge in [-0.2, -0.15) is 4.98 Å². The van der Waals surface area contributed by atoms with E-state index in [0.29, 0.717) is 6.54 Å². The van der Waals surface area contributed by atoms with Crippen molar-refractivity contribution in [2.24, 2.45) is 0 Å². The lowest BCUT2D eigenvalue weighted by atomic mass is 10.2. The Morgan fingerprint density at radius 2 is 1.95 bits per heavy atom. The molecule has 0 saturated heterocycles.